The molecule has 21 heavy (non-hydrogen) atoms. The molecule has 3 aromatic rings. The Bertz CT molecular complexity index is 787. The van der Waals surface area contributed by atoms with Gasteiger partial charge in [-0.1, -0.05) is 30.3 Å². The Balaban J connectivity index is 1.86. The number of rotatable bonds is 5. The number of aldehydes is 1. The highest BCUT2D eigenvalue weighted by molar-refractivity contribution is 6.35. The smallest absolute Gasteiger partial charge is 0.261 e. The summed E-state index contributed by atoms with van der Waals surface area (Å²) in [6.07, 6.45) is 1.70. The molecule has 0 aliphatic carbocycles. The van der Waals surface area contributed by atoms with Crippen molar-refractivity contribution in [2.24, 2.45) is 0 Å². The van der Waals surface area contributed by atoms with Crippen LogP contribution in [0.3, 0.4) is 0 Å². The van der Waals surface area contributed by atoms with Crippen molar-refractivity contribution in [2.45, 2.75) is 6.61 Å². The molecule has 4 heteroatoms. The van der Waals surface area contributed by atoms with Crippen LogP contribution in [-0.4, -0.2) is 12.1 Å². The quantitative estimate of drug-likeness (QED) is 0.408. The van der Waals surface area contributed by atoms with E-state index in [9.17, 15) is 9.59 Å². The van der Waals surface area contributed by atoms with Gasteiger partial charge in [0.2, 0.25) is 0 Å². The third-order valence-electron chi connectivity index (χ3n) is 3.15. The van der Waals surface area contributed by atoms with Crippen molar-refractivity contribution in [3.05, 3.63) is 66.1 Å². The molecule has 0 saturated carbocycles. The fourth-order valence-electron chi connectivity index (χ4n) is 2.10. The fourth-order valence-corrected chi connectivity index (χ4v) is 2.10. The zero-order valence-electron chi connectivity index (χ0n) is 11.1. The van der Waals surface area contributed by atoms with E-state index in [2.05, 4.69) is 0 Å². The molecule has 0 amide bonds. The first-order valence-electron chi connectivity index (χ1n) is 6.45. The maximum Gasteiger partial charge on any atom is 0.261 e. The molecule has 0 aliphatic heterocycles. The van der Waals surface area contributed by atoms with Crippen LogP contribution >= 0.6 is 0 Å². The van der Waals surface area contributed by atoms with Crippen LogP contribution in [-0.2, 0) is 11.4 Å². The Labute approximate surface area is 120 Å². The molecule has 0 atom stereocenters. The van der Waals surface area contributed by atoms with E-state index >= 15 is 0 Å². The van der Waals surface area contributed by atoms with Crippen molar-refractivity contribution in [3.63, 3.8) is 0 Å². The Morgan fingerprint density at radius 1 is 1.14 bits per heavy atom. The van der Waals surface area contributed by atoms with Gasteiger partial charge < -0.3 is 9.15 Å². The van der Waals surface area contributed by atoms with Crippen LogP contribution in [0.4, 0.5) is 0 Å². The molecule has 4 nitrogen and oxygen atoms in total. The lowest BCUT2D eigenvalue weighted by Gasteiger charge is -2.06. The number of ether oxygens (including phenoxy) is 1. The summed E-state index contributed by atoms with van der Waals surface area (Å²) in [5.41, 5.74) is 1.05. The van der Waals surface area contributed by atoms with Crippen molar-refractivity contribution in [1.29, 1.82) is 0 Å². The van der Waals surface area contributed by atoms with Crippen molar-refractivity contribution < 1.29 is 18.7 Å². The molecule has 0 fully saturated rings. The number of hydrogen-bond acceptors (Lipinski definition) is 4. The van der Waals surface area contributed by atoms with E-state index in [-0.39, 0.29) is 12.0 Å². The first-order valence-corrected chi connectivity index (χ1v) is 6.45. The van der Waals surface area contributed by atoms with E-state index in [1.54, 1.807) is 18.2 Å². The number of hydrogen-bond donors (Lipinski definition) is 0. The lowest BCUT2D eigenvalue weighted by molar-refractivity contribution is -0.104. The third-order valence-corrected chi connectivity index (χ3v) is 3.15. The van der Waals surface area contributed by atoms with Crippen LogP contribution < -0.4 is 4.74 Å². The van der Waals surface area contributed by atoms with E-state index in [1.165, 1.54) is 6.26 Å². The fraction of sp³-hybridized carbons (Fsp3) is 0.0588. The van der Waals surface area contributed by atoms with E-state index in [0.717, 1.165) is 10.9 Å². The van der Waals surface area contributed by atoms with Gasteiger partial charge in [0, 0.05) is 10.8 Å². The van der Waals surface area contributed by atoms with Crippen molar-refractivity contribution in [3.8, 4) is 5.75 Å². The molecular formula is C17H12O4. The van der Waals surface area contributed by atoms with Gasteiger partial charge in [-0.3, -0.25) is 9.59 Å². The van der Waals surface area contributed by atoms with Gasteiger partial charge in [0.05, 0.1) is 6.26 Å². The van der Waals surface area contributed by atoms with Crippen molar-refractivity contribution in [2.75, 3.05) is 0 Å². The molecule has 3 rings (SSSR count). The Hall–Kier alpha value is -2.88. The lowest BCUT2D eigenvalue weighted by atomic mass is 10.1. The Kier molecular flexibility index (Phi) is 3.51. The van der Waals surface area contributed by atoms with Crippen molar-refractivity contribution in [1.82, 2.24) is 0 Å². The predicted molar refractivity (Wildman–Crippen MR) is 77.4 cm³/mol. The predicted octanol–water partition coefficient (Wildman–Crippen LogP) is 3.39. The molecule has 0 unspecified atom stereocenters. The zero-order chi connectivity index (χ0) is 14.7. The second kappa shape index (κ2) is 5.63. The molecule has 1 heterocycles. The summed E-state index contributed by atoms with van der Waals surface area (Å²) < 4.78 is 10.8. The summed E-state index contributed by atoms with van der Waals surface area (Å²) >= 11 is 0. The summed E-state index contributed by atoms with van der Waals surface area (Å²) in [5.74, 6) is -0.0110. The van der Waals surface area contributed by atoms with E-state index < -0.39 is 5.78 Å². The van der Waals surface area contributed by atoms with Gasteiger partial charge in [-0.25, -0.2) is 0 Å². The summed E-state index contributed by atoms with van der Waals surface area (Å²) in [6, 6.07) is 15.1. The number of furan rings is 1. The highest BCUT2D eigenvalue weighted by Crippen LogP contribution is 2.26. The summed E-state index contributed by atoms with van der Waals surface area (Å²) in [7, 11) is 0. The first kappa shape index (κ1) is 13.1. The summed E-state index contributed by atoms with van der Waals surface area (Å²) in [6.45, 7) is 0.432. The minimum atomic E-state index is -0.676. The molecule has 2 aromatic carbocycles. The molecule has 0 radical (unpaired) electrons. The second-order valence-electron chi connectivity index (χ2n) is 4.57. The van der Waals surface area contributed by atoms with E-state index in [1.807, 2.05) is 30.3 Å². The number of fused-ring (bicyclic) bond motifs is 1. The molecule has 0 spiro atoms. The van der Waals surface area contributed by atoms with Gasteiger partial charge >= 0.3 is 0 Å². The van der Waals surface area contributed by atoms with E-state index in [0.29, 0.717) is 17.7 Å². The normalized spacial score (nSPS) is 10.5. The SMILES string of the molecule is O=CC(=O)c1occ2ccc(OCc3ccccc3)cc12. The lowest BCUT2D eigenvalue weighted by Crippen LogP contribution is -1.98. The number of carbonyl (C=O) groups excluding carboxylic acids is 2. The topological polar surface area (TPSA) is 56.5 Å². The number of ketones is 1. The van der Waals surface area contributed by atoms with Crippen molar-refractivity contribution >= 4 is 22.8 Å². The minimum absolute atomic E-state index is 0.0464. The molecular weight excluding hydrogens is 268 g/mol. The van der Waals surface area contributed by atoms with Gasteiger partial charge in [0.15, 0.2) is 12.0 Å². The van der Waals surface area contributed by atoms with Crippen LogP contribution in [0.15, 0.2) is 59.2 Å². The van der Waals surface area contributed by atoms with Crippen LogP contribution in [0.25, 0.3) is 10.8 Å². The maximum absolute atomic E-state index is 11.5. The molecule has 0 saturated heterocycles. The number of benzene rings is 2. The number of Topliss-reactive ketones (excluding diaryl/α,β-unsaturated/α-hetero) is 1. The molecule has 1 aromatic heterocycles. The zero-order valence-corrected chi connectivity index (χ0v) is 11.1. The summed E-state index contributed by atoms with van der Waals surface area (Å²) in [4.78, 5) is 22.1. The molecule has 0 bridgehead atoms. The molecule has 0 aliphatic rings. The average Bonchev–Trinajstić information content (AvgIpc) is 2.96. The maximum atomic E-state index is 11.5. The molecule has 0 N–H and O–H groups in total. The number of carbonyl (C=O) groups is 2. The molecule has 104 valence electrons. The van der Waals surface area contributed by atoms with Gasteiger partial charge in [-0.05, 0) is 23.8 Å². The van der Waals surface area contributed by atoms with Gasteiger partial charge in [-0.2, -0.15) is 0 Å². The first-order chi connectivity index (χ1) is 10.3. The third kappa shape index (κ3) is 2.69. The standard InChI is InChI=1S/C17H12O4/c18-9-16(19)17-15-8-14(7-6-13(15)11-21-17)20-10-12-4-2-1-3-5-12/h1-9,11H,10H2. The minimum Gasteiger partial charge on any atom is -0.489 e. The van der Waals surface area contributed by atoms with Gasteiger partial charge in [0.25, 0.3) is 5.78 Å². The van der Waals surface area contributed by atoms with Gasteiger partial charge in [0.1, 0.15) is 12.4 Å². The van der Waals surface area contributed by atoms with E-state index in [4.69, 9.17) is 9.15 Å². The average molecular weight is 280 g/mol. The second-order valence-corrected chi connectivity index (χ2v) is 4.57. The van der Waals surface area contributed by atoms with Gasteiger partial charge in [-0.15, -0.1) is 0 Å². The Morgan fingerprint density at radius 2 is 1.95 bits per heavy atom. The summed E-state index contributed by atoms with van der Waals surface area (Å²) in [5, 5.41) is 1.34. The van der Waals surface area contributed by atoms with Crippen LogP contribution in [0, 0.1) is 0 Å². The monoisotopic (exact) mass is 280 g/mol. The Morgan fingerprint density at radius 3 is 2.71 bits per heavy atom. The largest absolute Gasteiger partial charge is 0.489 e. The van der Waals surface area contributed by atoms with Crippen LogP contribution in [0.5, 0.6) is 5.75 Å². The van der Waals surface area contributed by atoms with Crippen LogP contribution in [0.2, 0.25) is 0 Å². The van der Waals surface area contributed by atoms with Crippen LogP contribution in [0.1, 0.15) is 16.1 Å². The highest BCUT2D eigenvalue weighted by atomic mass is 16.5. The highest BCUT2D eigenvalue weighted by Gasteiger charge is 2.14.